The van der Waals surface area contributed by atoms with Crippen molar-refractivity contribution in [3.8, 4) is 0 Å². The minimum absolute atomic E-state index is 0.604. The number of hydrogen-bond acceptors (Lipinski definition) is 5. The van der Waals surface area contributed by atoms with Crippen LogP contribution in [-0.2, 0) is 6.42 Å². The van der Waals surface area contributed by atoms with E-state index in [1.807, 2.05) is 36.4 Å². The zero-order valence-corrected chi connectivity index (χ0v) is 11.1. The number of para-hydroxylation sites is 2. The normalized spacial score (nSPS) is 11.0. The zero-order valence-electron chi connectivity index (χ0n) is 10.2. The van der Waals surface area contributed by atoms with E-state index >= 15 is 0 Å². The Hall–Kier alpha value is -1.85. The average molecular weight is 271 g/mol. The van der Waals surface area contributed by atoms with Gasteiger partial charge in [0, 0.05) is 6.20 Å². The summed E-state index contributed by atoms with van der Waals surface area (Å²) < 4.78 is 5.69. The maximum absolute atomic E-state index is 5.69. The molecular weight excluding hydrogens is 258 g/mol. The molecule has 4 nitrogen and oxygen atoms in total. The predicted molar refractivity (Wildman–Crippen MR) is 75.1 cm³/mol. The monoisotopic (exact) mass is 271 g/mol. The topological polar surface area (TPSA) is 64.9 Å². The number of nitrogens with two attached hydrogens (primary N) is 1. The van der Waals surface area contributed by atoms with Crippen molar-refractivity contribution in [2.45, 2.75) is 16.7 Å². The summed E-state index contributed by atoms with van der Waals surface area (Å²) in [4.78, 5) is 8.80. The van der Waals surface area contributed by atoms with E-state index < -0.39 is 0 Å². The third kappa shape index (κ3) is 2.62. The first kappa shape index (κ1) is 12.2. The summed E-state index contributed by atoms with van der Waals surface area (Å²) in [6.45, 7) is 0.604. The summed E-state index contributed by atoms with van der Waals surface area (Å²) in [6, 6.07) is 11.7. The minimum Gasteiger partial charge on any atom is -0.431 e. The lowest BCUT2D eigenvalue weighted by Crippen LogP contribution is -2.04. The van der Waals surface area contributed by atoms with Gasteiger partial charge in [0.2, 0.25) is 0 Å². The van der Waals surface area contributed by atoms with E-state index in [2.05, 4.69) is 9.97 Å². The first-order valence-electron chi connectivity index (χ1n) is 6.04. The Morgan fingerprint density at radius 1 is 1.16 bits per heavy atom. The second kappa shape index (κ2) is 5.42. The highest BCUT2D eigenvalue weighted by Gasteiger charge is 2.10. The first-order chi connectivity index (χ1) is 9.36. The van der Waals surface area contributed by atoms with E-state index in [0.29, 0.717) is 11.8 Å². The lowest BCUT2D eigenvalue weighted by Gasteiger charge is -2.03. The number of oxazole rings is 1. The van der Waals surface area contributed by atoms with Crippen molar-refractivity contribution >= 4 is 22.9 Å². The zero-order chi connectivity index (χ0) is 13.1. The molecule has 0 aliphatic carbocycles. The van der Waals surface area contributed by atoms with Crippen LogP contribution in [0, 0.1) is 0 Å². The molecule has 5 heteroatoms. The van der Waals surface area contributed by atoms with Gasteiger partial charge in [-0.15, -0.1) is 0 Å². The molecule has 2 heterocycles. The highest BCUT2D eigenvalue weighted by atomic mass is 32.2. The number of benzene rings is 1. The van der Waals surface area contributed by atoms with Crippen LogP contribution >= 0.6 is 11.8 Å². The molecule has 0 aliphatic rings. The van der Waals surface area contributed by atoms with E-state index in [1.165, 1.54) is 11.8 Å². The molecule has 0 radical (unpaired) electrons. The molecule has 0 bridgehead atoms. The van der Waals surface area contributed by atoms with Crippen molar-refractivity contribution in [3.05, 3.63) is 48.2 Å². The van der Waals surface area contributed by atoms with Gasteiger partial charge in [-0.05, 0) is 48.5 Å². The van der Waals surface area contributed by atoms with E-state index in [9.17, 15) is 0 Å². The molecule has 0 aliphatic heterocycles. The number of nitrogens with zero attached hydrogens (tertiary/aromatic N) is 2. The molecule has 96 valence electrons. The Morgan fingerprint density at radius 3 is 2.89 bits per heavy atom. The smallest absolute Gasteiger partial charge is 0.263 e. The Kier molecular flexibility index (Phi) is 3.48. The molecule has 0 atom stereocenters. The number of hydrogen-bond donors (Lipinski definition) is 1. The van der Waals surface area contributed by atoms with Gasteiger partial charge in [-0.3, -0.25) is 0 Å². The number of fused-ring (bicyclic) bond motifs is 1. The van der Waals surface area contributed by atoms with Crippen molar-refractivity contribution in [1.82, 2.24) is 9.97 Å². The van der Waals surface area contributed by atoms with Gasteiger partial charge >= 0.3 is 0 Å². The third-order valence-electron chi connectivity index (χ3n) is 2.72. The quantitative estimate of drug-likeness (QED) is 0.790. The third-order valence-corrected chi connectivity index (χ3v) is 3.63. The highest BCUT2D eigenvalue weighted by molar-refractivity contribution is 7.99. The molecule has 0 saturated heterocycles. The van der Waals surface area contributed by atoms with Crippen LogP contribution in [0.3, 0.4) is 0 Å². The van der Waals surface area contributed by atoms with Gasteiger partial charge in [0.1, 0.15) is 10.5 Å². The molecule has 1 aromatic carbocycles. The number of pyridine rings is 1. The fraction of sp³-hybridized carbons (Fsp3) is 0.143. The van der Waals surface area contributed by atoms with Gasteiger partial charge in [0.25, 0.3) is 5.22 Å². The van der Waals surface area contributed by atoms with Gasteiger partial charge in [-0.1, -0.05) is 18.2 Å². The van der Waals surface area contributed by atoms with Crippen LogP contribution in [0.5, 0.6) is 0 Å². The molecule has 2 aromatic heterocycles. The molecule has 0 saturated carbocycles. The largest absolute Gasteiger partial charge is 0.431 e. The van der Waals surface area contributed by atoms with Gasteiger partial charge < -0.3 is 10.2 Å². The van der Waals surface area contributed by atoms with Crippen molar-refractivity contribution in [2.24, 2.45) is 5.73 Å². The van der Waals surface area contributed by atoms with E-state index in [4.69, 9.17) is 10.2 Å². The van der Waals surface area contributed by atoms with Crippen LogP contribution in [0.25, 0.3) is 11.1 Å². The molecule has 0 fully saturated rings. The predicted octanol–water partition coefficient (Wildman–Crippen LogP) is 2.88. The fourth-order valence-corrected chi connectivity index (χ4v) is 2.69. The molecule has 3 aromatic rings. The second-order valence-corrected chi connectivity index (χ2v) is 5.00. The molecular formula is C14H13N3OS. The highest BCUT2D eigenvalue weighted by Crippen LogP contribution is 2.30. The second-order valence-electron chi connectivity index (χ2n) is 4.06. The van der Waals surface area contributed by atoms with Crippen LogP contribution in [0.2, 0.25) is 0 Å². The Balaban J connectivity index is 1.92. The van der Waals surface area contributed by atoms with Crippen LogP contribution < -0.4 is 5.73 Å². The van der Waals surface area contributed by atoms with Crippen molar-refractivity contribution in [2.75, 3.05) is 6.54 Å². The summed E-state index contributed by atoms with van der Waals surface area (Å²) >= 11 is 1.44. The number of rotatable bonds is 4. The molecule has 19 heavy (non-hydrogen) atoms. The van der Waals surface area contributed by atoms with E-state index in [0.717, 1.165) is 28.1 Å². The Bertz CT molecular complexity index is 663. The summed E-state index contributed by atoms with van der Waals surface area (Å²) in [7, 11) is 0. The molecule has 3 rings (SSSR count). The molecule has 0 unspecified atom stereocenters. The van der Waals surface area contributed by atoms with Gasteiger partial charge in [0.15, 0.2) is 5.58 Å². The molecule has 0 amide bonds. The number of aromatic nitrogens is 2. The average Bonchev–Trinajstić information content (AvgIpc) is 2.83. The van der Waals surface area contributed by atoms with E-state index in [1.54, 1.807) is 6.20 Å². The van der Waals surface area contributed by atoms with Gasteiger partial charge in [-0.2, -0.15) is 0 Å². The van der Waals surface area contributed by atoms with Crippen molar-refractivity contribution < 1.29 is 4.42 Å². The summed E-state index contributed by atoms with van der Waals surface area (Å²) in [5, 5.41) is 1.51. The maximum Gasteiger partial charge on any atom is 0.263 e. The Morgan fingerprint density at radius 2 is 2.05 bits per heavy atom. The first-order valence-corrected chi connectivity index (χ1v) is 6.86. The minimum atomic E-state index is 0.604. The maximum atomic E-state index is 5.69. The van der Waals surface area contributed by atoms with Crippen LogP contribution in [0.1, 0.15) is 5.56 Å². The Labute approximate surface area is 115 Å². The standard InChI is InChI=1S/C14H13N3OS/c15-8-7-10-4-3-9-16-13(10)19-14-17-11-5-1-2-6-12(11)18-14/h1-6,9H,7-8,15H2. The SMILES string of the molecule is NCCc1cccnc1Sc1nc2ccccc2o1. The van der Waals surface area contributed by atoms with Crippen LogP contribution in [0.4, 0.5) is 0 Å². The van der Waals surface area contributed by atoms with Crippen LogP contribution in [0.15, 0.2) is 57.3 Å². The van der Waals surface area contributed by atoms with E-state index in [-0.39, 0.29) is 0 Å². The lowest BCUT2D eigenvalue weighted by atomic mass is 10.2. The van der Waals surface area contributed by atoms with Gasteiger partial charge in [0.05, 0.1) is 0 Å². The molecule has 0 spiro atoms. The van der Waals surface area contributed by atoms with Crippen LogP contribution in [-0.4, -0.2) is 16.5 Å². The van der Waals surface area contributed by atoms with Crippen molar-refractivity contribution in [1.29, 1.82) is 0 Å². The summed E-state index contributed by atoms with van der Waals surface area (Å²) in [5.74, 6) is 0. The summed E-state index contributed by atoms with van der Waals surface area (Å²) in [5.41, 5.74) is 8.39. The van der Waals surface area contributed by atoms with Gasteiger partial charge in [-0.25, -0.2) is 9.97 Å². The molecule has 2 N–H and O–H groups in total. The lowest BCUT2D eigenvalue weighted by molar-refractivity contribution is 0.489. The van der Waals surface area contributed by atoms with Crippen molar-refractivity contribution in [3.63, 3.8) is 0 Å². The fourth-order valence-electron chi connectivity index (χ4n) is 1.84. The summed E-state index contributed by atoms with van der Waals surface area (Å²) in [6.07, 6.45) is 2.57.